The van der Waals surface area contributed by atoms with Gasteiger partial charge in [0.2, 0.25) is 0 Å². The Kier molecular flexibility index (Phi) is 8.29. The second-order valence-electron chi connectivity index (χ2n) is 6.78. The second kappa shape index (κ2) is 8.55. The maximum atomic E-state index is 10.8. The number of carbonyl (C=O) groups excluding carboxylic acids is 1. The molecule has 1 heteroatoms. The Labute approximate surface area is 120 Å². The van der Waals surface area contributed by atoms with Gasteiger partial charge in [0.1, 0.15) is 5.78 Å². The summed E-state index contributed by atoms with van der Waals surface area (Å²) in [5.74, 6) is 3.89. The lowest BCUT2D eigenvalue weighted by Gasteiger charge is -2.31. The SMILES string of the molecule is C.C=C1CC(C(C)C)C1.CC(C)C1CCC(=O)CC1. The summed E-state index contributed by atoms with van der Waals surface area (Å²) in [6.07, 6.45) is 6.52. The van der Waals surface area contributed by atoms with E-state index in [1.165, 1.54) is 18.4 Å². The Morgan fingerprint density at radius 3 is 1.63 bits per heavy atom. The summed E-state index contributed by atoms with van der Waals surface area (Å²) in [6.45, 7) is 13.0. The standard InChI is InChI=1S/C9H16O.C8H14.CH4/c1-7(2)8-3-5-9(10)6-4-8;1-6(2)8-4-7(3)5-8;/h7-8H,3-6H2,1-2H3;6,8H,3-5H2,1-2H3;1H4. The van der Waals surface area contributed by atoms with Crippen LogP contribution in [0, 0.1) is 23.7 Å². The molecule has 112 valence electrons. The molecule has 0 radical (unpaired) electrons. The highest BCUT2D eigenvalue weighted by Crippen LogP contribution is 2.36. The molecule has 2 fully saturated rings. The van der Waals surface area contributed by atoms with E-state index in [2.05, 4.69) is 34.3 Å². The van der Waals surface area contributed by atoms with Crippen LogP contribution in [-0.4, -0.2) is 5.78 Å². The van der Waals surface area contributed by atoms with Gasteiger partial charge in [-0.05, 0) is 49.4 Å². The van der Waals surface area contributed by atoms with Gasteiger partial charge in [-0.25, -0.2) is 0 Å². The Balaban J connectivity index is 0.000000331. The maximum absolute atomic E-state index is 10.8. The van der Waals surface area contributed by atoms with E-state index in [1.807, 2.05) is 0 Å². The van der Waals surface area contributed by atoms with Gasteiger partial charge in [0.05, 0.1) is 0 Å². The third kappa shape index (κ3) is 6.40. The van der Waals surface area contributed by atoms with Crippen LogP contribution in [-0.2, 0) is 4.79 Å². The number of allylic oxidation sites excluding steroid dienone is 1. The first-order valence-corrected chi connectivity index (χ1v) is 7.58. The third-order valence-corrected chi connectivity index (χ3v) is 4.58. The largest absolute Gasteiger partial charge is 0.300 e. The van der Waals surface area contributed by atoms with E-state index in [4.69, 9.17) is 0 Å². The first-order chi connectivity index (χ1) is 8.40. The average Bonchev–Trinajstić information content (AvgIpc) is 2.26. The lowest BCUT2D eigenvalue weighted by Crippen LogP contribution is -2.19. The van der Waals surface area contributed by atoms with Crippen LogP contribution in [0.4, 0.5) is 0 Å². The average molecular weight is 266 g/mol. The molecule has 0 unspecified atom stereocenters. The van der Waals surface area contributed by atoms with Crippen LogP contribution in [0.2, 0.25) is 0 Å². The summed E-state index contributed by atoms with van der Waals surface area (Å²) in [7, 11) is 0. The van der Waals surface area contributed by atoms with Crippen LogP contribution in [0.3, 0.4) is 0 Å². The van der Waals surface area contributed by atoms with E-state index >= 15 is 0 Å². The van der Waals surface area contributed by atoms with Crippen molar-refractivity contribution in [3.05, 3.63) is 12.2 Å². The maximum Gasteiger partial charge on any atom is 0.132 e. The zero-order valence-corrected chi connectivity index (χ0v) is 12.7. The summed E-state index contributed by atoms with van der Waals surface area (Å²) in [5.41, 5.74) is 1.45. The first kappa shape index (κ1) is 18.4. The molecule has 0 spiro atoms. The van der Waals surface area contributed by atoms with Crippen molar-refractivity contribution in [1.29, 1.82) is 0 Å². The normalized spacial score (nSPS) is 20.7. The van der Waals surface area contributed by atoms with Crippen LogP contribution in [0.1, 0.15) is 73.6 Å². The lowest BCUT2D eigenvalue weighted by molar-refractivity contribution is -0.121. The number of hydrogen-bond acceptors (Lipinski definition) is 1. The minimum atomic E-state index is 0. The fourth-order valence-corrected chi connectivity index (χ4v) is 2.78. The van der Waals surface area contributed by atoms with Gasteiger partial charge < -0.3 is 0 Å². The highest BCUT2D eigenvalue weighted by molar-refractivity contribution is 5.79. The van der Waals surface area contributed by atoms with E-state index < -0.39 is 0 Å². The molecule has 0 aromatic heterocycles. The number of carbonyl (C=O) groups is 1. The van der Waals surface area contributed by atoms with Gasteiger partial charge in [-0.1, -0.05) is 47.3 Å². The number of rotatable bonds is 2. The third-order valence-electron chi connectivity index (χ3n) is 4.58. The monoisotopic (exact) mass is 266 g/mol. The first-order valence-electron chi connectivity index (χ1n) is 7.58. The molecule has 1 nitrogen and oxygen atoms in total. The van der Waals surface area contributed by atoms with Gasteiger partial charge in [-0.3, -0.25) is 4.79 Å². The van der Waals surface area contributed by atoms with Gasteiger partial charge in [-0.2, -0.15) is 0 Å². The Morgan fingerprint density at radius 2 is 1.37 bits per heavy atom. The molecule has 0 atom stereocenters. The molecule has 0 saturated heterocycles. The molecule has 0 bridgehead atoms. The van der Waals surface area contributed by atoms with E-state index in [0.29, 0.717) is 5.78 Å². The van der Waals surface area contributed by atoms with Gasteiger partial charge in [0.15, 0.2) is 0 Å². The lowest BCUT2D eigenvalue weighted by atomic mass is 9.74. The Hall–Kier alpha value is -0.590. The molecule has 0 aromatic carbocycles. The summed E-state index contributed by atoms with van der Waals surface area (Å²) in [4.78, 5) is 10.8. The van der Waals surface area contributed by atoms with Crippen LogP contribution >= 0.6 is 0 Å². The van der Waals surface area contributed by atoms with Crippen molar-refractivity contribution >= 4 is 5.78 Å². The van der Waals surface area contributed by atoms with Crippen LogP contribution < -0.4 is 0 Å². The van der Waals surface area contributed by atoms with Crippen LogP contribution in [0.15, 0.2) is 12.2 Å². The van der Waals surface area contributed by atoms with Crippen molar-refractivity contribution in [3.8, 4) is 0 Å². The van der Waals surface area contributed by atoms with Crippen molar-refractivity contribution in [2.24, 2.45) is 23.7 Å². The Bertz CT molecular complexity index is 270. The van der Waals surface area contributed by atoms with Crippen molar-refractivity contribution in [2.45, 2.75) is 73.6 Å². The molecule has 19 heavy (non-hydrogen) atoms. The molecule has 2 aliphatic rings. The van der Waals surface area contributed by atoms with E-state index in [0.717, 1.165) is 49.4 Å². The fourth-order valence-electron chi connectivity index (χ4n) is 2.78. The van der Waals surface area contributed by atoms with E-state index in [9.17, 15) is 4.79 Å². The van der Waals surface area contributed by atoms with E-state index in [-0.39, 0.29) is 7.43 Å². The molecular formula is C18H34O. The van der Waals surface area contributed by atoms with Gasteiger partial charge in [0.25, 0.3) is 0 Å². The molecule has 0 amide bonds. The van der Waals surface area contributed by atoms with Gasteiger partial charge in [-0.15, -0.1) is 0 Å². The predicted molar refractivity (Wildman–Crippen MR) is 85.2 cm³/mol. The highest BCUT2D eigenvalue weighted by atomic mass is 16.1. The Morgan fingerprint density at radius 1 is 0.947 bits per heavy atom. The minimum Gasteiger partial charge on any atom is -0.300 e. The number of Topliss-reactive ketones (excluding diaryl/α,β-unsaturated/α-hetero) is 1. The molecule has 0 heterocycles. The van der Waals surface area contributed by atoms with Crippen molar-refractivity contribution in [1.82, 2.24) is 0 Å². The smallest absolute Gasteiger partial charge is 0.132 e. The topological polar surface area (TPSA) is 17.1 Å². The van der Waals surface area contributed by atoms with Gasteiger partial charge in [0, 0.05) is 12.8 Å². The molecule has 0 aromatic rings. The summed E-state index contributed by atoms with van der Waals surface area (Å²) < 4.78 is 0. The summed E-state index contributed by atoms with van der Waals surface area (Å²) >= 11 is 0. The molecule has 0 N–H and O–H groups in total. The van der Waals surface area contributed by atoms with Crippen molar-refractivity contribution < 1.29 is 4.79 Å². The summed E-state index contributed by atoms with van der Waals surface area (Å²) in [6, 6.07) is 0. The minimum absolute atomic E-state index is 0. The van der Waals surface area contributed by atoms with Crippen LogP contribution in [0.25, 0.3) is 0 Å². The molecule has 2 saturated carbocycles. The molecule has 2 rings (SSSR count). The summed E-state index contributed by atoms with van der Waals surface area (Å²) in [5, 5.41) is 0. The number of ketones is 1. The molecule has 0 aliphatic heterocycles. The van der Waals surface area contributed by atoms with Crippen LogP contribution in [0.5, 0.6) is 0 Å². The van der Waals surface area contributed by atoms with Crippen molar-refractivity contribution in [3.63, 3.8) is 0 Å². The quantitative estimate of drug-likeness (QED) is 0.590. The van der Waals surface area contributed by atoms with E-state index in [1.54, 1.807) is 0 Å². The second-order valence-corrected chi connectivity index (χ2v) is 6.78. The zero-order chi connectivity index (χ0) is 13.7. The number of hydrogen-bond donors (Lipinski definition) is 0. The van der Waals surface area contributed by atoms with Crippen molar-refractivity contribution in [2.75, 3.05) is 0 Å². The highest BCUT2D eigenvalue weighted by Gasteiger charge is 2.23. The molecule has 2 aliphatic carbocycles. The zero-order valence-electron chi connectivity index (χ0n) is 12.7. The molecular weight excluding hydrogens is 232 g/mol. The fraction of sp³-hybridized carbons (Fsp3) is 0.833. The van der Waals surface area contributed by atoms with Gasteiger partial charge >= 0.3 is 0 Å². The predicted octanol–water partition coefficient (Wildman–Crippen LogP) is 5.65.